The maximum absolute atomic E-state index is 4.17. The van der Waals surface area contributed by atoms with Crippen molar-refractivity contribution in [3.63, 3.8) is 0 Å². The van der Waals surface area contributed by atoms with Gasteiger partial charge < -0.3 is 0 Å². The van der Waals surface area contributed by atoms with E-state index in [1.54, 1.807) is 11.8 Å². The van der Waals surface area contributed by atoms with E-state index in [9.17, 15) is 0 Å². The minimum absolute atomic E-state index is 1.10. The Morgan fingerprint density at radius 3 is 2.29 bits per heavy atom. The van der Waals surface area contributed by atoms with Crippen LogP contribution in [-0.2, 0) is 0 Å². The Morgan fingerprint density at radius 1 is 1.43 bits per heavy atom. The molecular formula is C4H6S3. The summed E-state index contributed by atoms with van der Waals surface area (Å²) in [4.78, 5) is 1.15. The summed E-state index contributed by atoms with van der Waals surface area (Å²) < 4.78 is 1.10. The fourth-order valence-electron chi connectivity index (χ4n) is 0.435. The third-order valence-electron chi connectivity index (χ3n) is 0.825. The molecule has 0 saturated carbocycles. The van der Waals surface area contributed by atoms with Crippen LogP contribution >= 0.6 is 37.0 Å². The largest absolute Gasteiger partial charge is 0.146 e. The quantitative estimate of drug-likeness (QED) is 0.499. The summed E-state index contributed by atoms with van der Waals surface area (Å²) in [5, 5.41) is 0. The molecule has 0 atom stereocenters. The standard InChI is InChI=1S/C4H6S3/c5-3-1-2-7-4(3)6/h5-6H,1-2H2. The molecule has 0 nitrogen and oxygen atoms in total. The van der Waals surface area contributed by atoms with Crippen molar-refractivity contribution in [1.29, 1.82) is 0 Å². The lowest BCUT2D eigenvalue weighted by atomic mass is 10.5. The molecule has 40 valence electrons. The third kappa shape index (κ3) is 1.34. The zero-order chi connectivity index (χ0) is 5.28. The topological polar surface area (TPSA) is 0 Å². The van der Waals surface area contributed by atoms with E-state index in [4.69, 9.17) is 0 Å². The van der Waals surface area contributed by atoms with E-state index in [2.05, 4.69) is 25.3 Å². The Bertz CT molecular complexity index is 93.5. The van der Waals surface area contributed by atoms with E-state index in [1.807, 2.05) is 0 Å². The predicted molar refractivity (Wildman–Crippen MR) is 42.1 cm³/mol. The molecule has 0 aromatic rings. The van der Waals surface area contributed by atoms with Crippen LogP contribution in [0.15, 0.2) is 9.14 Å². The molecule has 1 heterocycles. The average Bonchev–Trinajstić information content (AvgIpc) is 1.91. The van der Waals surface area contributed by atoms with E-state index in [0.717, 1.165) is 21.3 Å². The fraction of sp³-hybridized carbons (Fsp3) is 0.500. The van der Waals surface area contributed by atoms with E-state index in [-0.39, 0.29) is 0 Å². The Hall–Kier alpha value is 0.790. The van der Waals surface area contributed by atoms with Gasteiger partial charge in [-0.25, -0.2) is 0 Å². The molecule has 0 aromatic carbocycles. The zero-order valence-corrected chi connectivity index (χ0v) is 6.32. The molecule has 0 N–H and O–H groups in total. The van der Waals surface area contributed by atoms with E-state index in [0.29, 0.717) is 0 Å². The Balaban J connectivity index is 2.64. The summed E-state index contributed by atoms with van der Waals surface area (Å²) in [5.74, 6) is 1.16. The second-order valence-electron chi connectivity index (χ2n) is 1.35. The summed E-state index contributed by atoms with van der Waals surface area (Å²) in [5.41, 5.74) is 0. The first-order valence-corrected chi connectivity index (χ1v) is 3.92. The molecule has 1 rings (SSSR count). The maximum Gasteiger partial charge on any atom is 0.0463 e. The molecule has 0 unspecified atom stereocenters. The van der Waals surface area contributed by atoms with Crippen molar-refractivity contribution < 1.29 is 0 Å². The SMILES string of the molecule is SC1=C(S)SCC1. The smallest absolute Gasteiger partial charge is 0.0463 e. The molecule has 3 heteroatoms. The molecule has 7 heavy (non-hydrogen) atoms. The van der Waals surface area contributed by atoms with Crippen LogP contribution in [0.5, 0.6) is 0 Å². The van der Waals surface area contributed by atoms with Gasteiger partial charge in [-0.3, -0.25) is 0 Å². The highest BCUT2D eigenvalue weighted by Crippen LogP contribution is 2.35. The second kappa shape index (κ2) is 2.37. The maximum atomic E-state index is 4.17. The minimum Gasteiger partial charge on any atom is -0.146 e. The molecule has 0 saturated heterocycles. The van der Waals surface area contributed by atoms with Crippen LogP contribution in [0, 0.1) is 0 Å². The molecule has 0 amide bonds. The molecule has 1 aliphatic rings. The highest BCUT2D eigenvalue weighted by atomic mass is 32.2. The van der Waals surface area contributed by atoms with Crippen LogP contribution in [0.25, 0.3) is 0 Å². The second-order valence-corrected chi connectivity index (χ2v) is 3.75. The number of allylic oxidation sites excluding steroid dienone is 1. The molecule has 0 aromatic heterocycles. The van der Waals surface area contributed by atoms with Crippen molar-refractivity contribution in [1.82, 2.24) is 0 Å². The highest BCUT2D eigenvalue weighted by molar-refractivity contribution is 8.16. The van der Waals surface area contributed by atoms with Crippen molar-refractivity contribution in [3.05, 3.63) is 9.14 Å². The third-order valence-corrected chi connectivity index (χ3v) is 3.18. The van der Waals surface area contributed by atoms with Gasteiger partial charge in [0.1, 0.15) is 0 Å². The molecule has 0 aliphatic carbocycles. The van der Waals surface area contributed by atoms with Gasteiger partial charge in [0.2, 0.25) is 0 Å². The number of hydrogen-bond donors (Lipinski definition) is 2. The lowest BCUT2D eigenvalue weighted by Crippen LogP contribution is -1.63. The first kappa shape index (κ1) is 5.92. The van der Waals surface area contributed by atoms with Gasteiger partial charge in [-0.1, -0.05) is 0 Å². The molecule has 0 spiro atoms. The molecule has 0 radical (unpaired) electrons. The highest BCUT2D eigenvalue weighted by Gasteiger charge is 2.06. The van der Waals surface area contributed by atoms with Gasteiger partial charge >= 0.3 is 0 Å². The van der Waals surface area contributed by atoms with Gasteiger partial charge in [-0.15, -0.1) is 37.0 Å². The summed E-state index contributed by atoms with van der Waals surface area (Å²) >= 11 is 10.1. The molecule has 0 bridgehead atoms. The summed E-state index contributed by atoms with van der Waals surface area (Å²) in [6, 6.07) is 0. The van der Waals surface area contributed by atoms with Crippen molar-refractivity contribution >= 4 is 37.0 Å². The lowest BCUT2D eigenvalue weighted by Gasteiger charge is -1.84. The molecule has 1 aliphatic heterocycles. The van der Waals surface area contributed by atoms with Crippen molar-refractivity contribution in [2.24, 2.45) is 0 Å². The van der Waals surface area contributed by atoms with Crippen LogP contribution in [-0.4, -0.2) is 5.75 Å². The number of thiol groups is 2. The summed E-state index contributed by atoms with van der Waals surface area (Å²) in [7, 11) is 0. The Labute approximate surface area is 58.6 Å². The monoisotopic (exact) mass is 150 g/mol. The Kier molecular flexibility index (Phi) is 2.01. The van der Waals surface area contributed by atoms with Crippen LogP contribution in [0.3, 0.4) is 0 Å². The molecular weight excluding hydrogens is 144 g/mol. The van der Waals surface area contributed by atoms with Gasteiger partial charge in [0, 0.05) is 14.9 Å². The van der Waals surface area contributed by atoms with Gasteiger partial charge in [0.05, 0.1) is 0 Å². The first-order valence-electron chi connectivity index (χ1n) is 2.04. The van der Waals surface area contributed by atoms with Gasteiger partial charge in [-0.05, 0) is 6.42 Å². The summed E-state index contributed by atoms with van der Waals surface area (Å²) in [6.07, 6.45) is 1.10. The van der Waals surface area contributed by atoms with Gasteiger partial charge in [0.25, 0.3) is 0 Å². The number of rotatable bonds is 0. The van der Waals surface area contributed by atoms with Crippen LogP contribution < -0.4 is 0 Å². The molecule has 0 fully saturated rings. The van der Waals surface area contributed by atoms with Crippen molar-refractivity contribution in [2.45, 2.75) is 6.42 Å². The fourth-order valence-corrected chi connectivity index (χ4v) is 2.05. The van der Waals surface area contributed by atoms with E-state index < -0.39 is 0 Å². The lowest BCUT2D eigenvalue weighted by molar-refractivity contribution is 1.25. The minimum atomic E-state index is 1.10. The summed E-state index contributed by atoms with van der Waals surface area (Å²) in [6.45, 7) is 0. The van der Waals surface area contributed by atoms with Crippen molar-refractivity contribution in [3.8, 4) is 0 Å². The van der Waals surface area contributed by atoms with Crippen LogP contribution in [0.1, 0.15) is 6.42 Å². The average molecular weight is 150 g/mol. The zero-order valence-electron chi connectivity index (χ0n) is 3.72. The van der Waals surface area contributed by atoms with Crippen LogP contribution in [0.2, 0.25) is 0 Å². The van der Waals surface area contributed by atoms with Gasteiger partial charge in [-0.2, -0.15) is 0 Å². The van der Waals surface area contributed by atoms with E-state index >= 15 is 0 Å². The van der Waals surface area contributed by atoms with Gasteiger partial charge in [0.15, 0.2) is 0 Å². The van der Waals surface area contributed by atoms with Crippen molar-refractivity contribution in [2.75, 3.05) is 5.75 Å². The number of hydrogen-bond acceptors (Lipinski definition) is 3. The van der Waals surface area contributed by atoms with E-state index in [1.165, 1.54) is 0 Å². The predicted octanol–water partition coefficient (Wildman–Crippen LogP) is 2.15. The number of thioether (sulfide) groups is 1. The normalized spacial score (nSPS) is 21.4. The first-order chi connectivity index (χ1) is 3.30. The van der Waals surface area contributed by atoms with Crippen LogP contribution in [0.4, 0.5) is 0 Å². The Morgan fingerprint density at radius 2 is 2.14 bits per heavy atom.